The van der Waals surface area contributed by atoms with E-state index in [0.29, 0.717) is 5.92 Å². The first-order chi connectivity index (χ1) is 13.6. The number of aromatic nitrogens is 6. The van der Waals surface area contributed by atoms with Crippen LogP contribution in [0.2, 0.25) is 0 Å². The molecule has 0 aromatic carbocycles. The van der Waals surface area contributed by atoms with Gasteiger partial charge in [-0.05, 0) is 31.4 Å². The van der Waals surface area contributed by atoms with E-state index in [0.717, 1.165) is 47.8 Å². The highest BCUT2D eigenvalue weighted by molar-refractivity contribution is 5.87. The quantitative estimate of drug-likeness (QED) is 0.592. The molecule has 2 atom stereocenters. The van der Waals surface area contributed by atoms with Gasteiger partial charge >= 0.3 is 0 Å². The number of hydrogen-bond acceptors (Lipinski definition) is 6. The molecule has 8 nitrogen and oxygen atoms in total. The van der Waals surface area contributed by atoms with Gasteiger partial charge in [0.05, 0.1) is 17.1 Å². The molecule has 1 aliphatic heterocycles. The third kappa shape index (κ3) is 2.51. The number of H-pyrrole nitrogens is 1. The fourth-order valence-corrected chi connectivity index (χ4v) is 4.26. The third-order valence-corrected chi connectivity index (χ3v) is 6.39. The van der Waals surface area contributed by atoms with Crippen molar-refractivity contribution in [2.45, 2.75) is 25.8 Å². The highest BCUT2D eigenvalue weighted by Crippen LogP contribution is 2.37. The largest absolute Gasteiger partial charge is 0.354 e. The summed E-state index contributed by atoms with van der Waals surface area (Å²) in [5.74, 6) is 2.47. The second kappa shape index (κ2) is 6.19. The molecule has 5 rings (SSSR count). The number of hydrogen-bond donors (Lipinski definition) is 1. The summed E-state index contributed by atoms with van der Waals surface area (Å²) in [6.07, 6.45) is 8.39. The average molecular weight is 376 g/mol. The molecule has 2 unspecified atom stereocenters. The molecule has 0 amide bonds. The van der Waals surface area contributed by atoms with Crippen LogP contribution in [0, 0.1) is 5.92 Å². The highest BCUT2D eigenvalue weighted by atomic mass is 15.3. The van der Waals surface area contributed by atoms with Crippen molar-refractivity contribution in [2.75, 3.05) is 29.9 Å². The Morgan fingerprint density at radius 3 is 3.04 bits per heavy atom. The fraction of sp³-hybridized carbons (Fsp3) is 0.400. The Kier molecular flexibility index (Phi) is 3.75. The summed E-state index contributed by atoms with van der Waals surface area (Å²) in [4.78, 5) is 21.6. The van der Waals surface area contributed by atoms with Gasteiger partial charge in [-0.3, -0.25) is 0 Å². The number of nitrogens with one attached hydrogen (secondary N) is 1. The molecule has 1 N–H and O–H groups in total. The maximum absolute atomic E-state index is 4.81. The van der Waals surface area contributed by atoms with E-state index in [2.05, 4.69) is 56.8 Å². The van der Waals surface area contributed by atoms with Gasteiger partial charge in [0.2, 0.25) is 0 Å². The number of rotatable bonds is 3. The van der Waals surface area contributed by atoms with Gasteiger partial charge in [-0.1, -0.05) is 6.92 Å². The molecule has 5 heterocycles. The van der Waals surface area contributed by atoms with Crippen LogP contribution in [0.1, 0.15) is 20.3 Å². The topological polar surface area (TPSA) is 78.2 Å². The van der Waals surface area contributed by atoms with Gasteiger partial charge in [-0.2, -0.15) is 5.10 Å². The normalized spacial score (nSPS) is 22.8. The van der Waals surface area contributed by atoms with Gasteiger partial charge in [-0.25, -0.2) is 19.5 Å². The van der Waals surface area contributed by atoms with Crippen LogP contribution < -0.4 is 9.80 Å². The minimum atomic E-state index is -0.0861. The van der Waals surface area contributed by atoms with Crippen LogP contribution in [0.25, 0.3) is 16.7 Å². The fourth-order valence-electron chi connectivity index (χ4n) is 4.26. The molecule has 8 heteroatoms. The van der Waals surface area contributed by atoms with Crippen LogP contribution in [-0.4, -0.2) is 55.2 Å². The molecular weight excluding hydrogens is 352 g/mol. The van der Waals surface area contributed by atoms with E-state index >= 15 is 0 Å². The smallest absolute Gasteiger partial charge is 0.157 e. The number of anilines is 2. The van der Waals surface area contributed by atoms with Gasteiger partial charge in [0.1, 0.15) is 23.6 Å². The van der Waals surface area contributed by atoms with E-state index in [1.807, 2.05) is 24.5 Å². The molecule has 144 valence electrons. The summed E-state index contributed by atoms with van der Waals surface area (Å²) in [5, 5.41) is 5.32. The lowest BCUT2D eigenvalue weighted by molar-refractivity contribution is 0.255. The number of likely N-dealkylation sites (N-methyl/N-ethyl adjacent to an activating group) is 1. The molecule has 28 heavy (non-hydrogen) atoms. The van der Waals surface area contributed by atoms with Crippen LogP contribution in [-0.2, 0) is 0 Å². The number of piperidine rings is 1. The molecule has 1 aliphatic rings. The van der Waals surface area contributed by atoms with E-state index in [1.165, 1.54) is 0 Å². The Bertz CT molecular complexity index is 1130. The second-order valence-electron chi connectivity index (χ2n) is 7.88. The Morgan fingerprint density at radius 1 is 1.25 bits per heavy atom. The number of fused-ring (bicyclic) bond motifs is 2. The first-order valence-corrected chi connectivity index (χ1v) is 9.63. The van der Waals surface area contributed by atoms with Gasteiger partial charge in [0.15, 0.2) is 5.65 Å². The van der Waals surface area contributed by atoms with E-state index in [-0.39, 0.29) is 5.54 Å². The van der Waals surface area contributed by atoms with Crippen molar-refractivity contribution >= 4 is 28.3 Å². The maximum atomic E-state index is 4.81. The molecule has 0 saturated carbocycles. The van der Waals surface area contributed by atoms with E-state index in [1.54, 1.807) is 17.0 Å². The van der Waals surface area contributed by atoms with E-state index < -0.39 is 0 Å². The molecule has 4 aromatic heterocycles. The molecule has 1 fully saturated rings. The molecule has 0 aliphatic carbocycles. The van der Waals surface area contributed by atoms with Gasteiger partial charge in [0, 0.05) is 38.6 Å². The summed E-state index contributed by atoms with van der Waals surface area (Å²) < 4.78 is 1.79. The maximum Gasteiger partial charge on any atom is 0.157 e. The van der Waals surface area contributed by atoms with Crippen LogP contribution in [0.5, 0.6) is 0 Å². The Balaban J connectivity index is 1.50. The zero-order chi connectivity index (χ0) is 19.3. The van der Waals surface area contributed by atoms with Crippen molar-refractivity contribution in [1.29, 1.82) is 0 Å². The molecule has 4 aromatic rings. The first-order valence-electron chi connectivity index (χ1n) is 9.63. The third-order valence-electron chi connectivity index (χ3n) is 6.39. The highest BCUT2D eigenvalue weighted by Gasteiger charge is 2.41. The summed E-state index contributed by atoms with van der Waals surface area (Å²) in [7, 11) is 2.14. The van der Waals surface area contributed by atoms with Crippen LogP contribution in [0.4, 0.5) is 11.6 Å². The lowest BCUT2D eigenvalue weighted by Crippen LogP contribution is -2.60. The van der Waals surface area contributed by atoms with Crippen molar-refractivity contribution in [1.82, 2.24) is 29.5 Å². The van der Waals surface area contributed by atoms with Crippen LogP contribution in [0.15, 0.2) is 43.1 Å². The molecule has 0 radical (unpaired) electrons. The minimum Gasteiger partial charge on any atom is -0.354 e. The SMILES string of the molecule is CC1CCN(c2ncnc3[nH]ccc23)CC1(C)N(C)c1ccn2nccc2n1. The summed E-state index contributed by atoms with van der Waals surface area (Å²) in [6, 6.07) is 6.02. The van der Waals surface area contributed by atoms with Crippen molar-refractivity contribution in [3.8, 4) is 0 Å². The summed E-state index contributed by atoms with van der Waals surface area (Å²) >= 11 is 0. The Morgan fingerprint density at radius 2 is 2.14 bits per heavy atom. The standard InChI is InChI=1S/C20H24N8/c1-14-6-10-27(19-15-4-8-21-18(15)22-13-23-19)12-20(14,2)26(3)16-7-11-28-17(25-16)5-9-24-28/h4-5,7-9,11,13-14H,6,10,12H2,1-3H3,(H,21,22,23). The Hall–Kier alpha value is -3.16. The van der Waals surface area contributed by atoms with Crippen molar-refractivity contribution in [3.05, 3.63) is 43.1 Å². The predicted octanol–water partition coefficient (Wildman–Crippen LogP) is 2.74. The zero-order valence-corrected chi connectivity index (χ0v) is 16.4. The van der Waals surface area contributed by atoms with Crippen molar-refractivity contribution in [3.63, 3.8) is 0 Å². The molecular formula is C20H24N8. The Labute approximate surface area is 163 Å². The minimum absolute atomic E-state index is 0.0861. The van der Waals surface area contributed by atoms with Gasteiger partial charge < -0.3 is 14.8 Å². The van der Waals surface area contributed by atoms with E-state index in [4.69, 9.17) is 4.98 Å². The molecule has 0 spiro atoms. The summed E-state index contributed by atoms with van der Waals surface area (Å²) in [6.45, 7) is 6.50. The summed E-state index contributed by atoms with van der Waals surface area (Å²) in [5.41, 5.74) is 1.65. The number of aromatic amines is 1. The molecule has 1 saturated heterocycles. The zero-order valence-electron chi connectivity index (χ0n) is 16.4. The van der Waals surface area contributed by atoms with Crippen LogP contribution >= 0.6 is 0 Å². The lowest BCUT2D eigenvalue weighted by atomic mass is 9.79. The average Bonchev–Trinajstić information content (AvgIpc) is 3.37. The number of nitrogens with zero attached hydrogens (tertiary/aromatic N) is 7. The monoisotopic (exact) mass is 376 g/mol. The van der Waals surface area contributed by atoms with Gasteiger partial charge in [0.25, 0.3) is 0 Å². The van der Waals surface area contributed by atoms with Crippen LogP contribution in [0.3, 0.4) is 0 Å². The lowest BCUT2D eigenvalue weighted by Gasteiger charge is -2.51. The van der Waals surface area contributed by atoms with Gasteiger partial charge in [-0.15, -0.1) is 0 Å². The second-order valence-corrected chi connectivity index (χ2v) is 7.88. The van der Waals surface area contributed by atoms with Crippen molar-refractivity contribution < 1.29 is 0 Å². The molecule has 0 bridgehead atoms. The predicted molar refractivity (Wildman–Crippen MR) is 110 cm³/mol. The van der Waals surface area contributed by atoms with Crippen molar-refractivity contribution in [2.24, 2.45) is 5.92 Å². The van der Waals surface area contributed by atoms with E-state index in [9.17, 15) is 0 Å². The first kappa shape index (κ1) is 17.0.